The van der Waals surface area contributed by atoms with E-state index in [0.717, 1.165) is 12.1 Å². The van der Waals surface area contributed by atoms with Gasteiger partial charge in [-0.15, -0.1) is 0 Å². The van der Waals surface area contributed by atoms with Gasteiger partial charge in [0.1, 0.15) is 11.6 Å². The fourth-order valence-electron chi connectivity index (χ4n) is 2.80. The zero-order valence-electron chi connectivity index (χ0n) is 12.6. The lowest BCUT2D eigenvalue weighted by Gasteiger charge is -2.19. The minimum atomic E-state index is -1.96. The van der Waals surface area contributed by atoms with Gasteiger partial charge in [0.15, 0.2) is 0 Å². The number of aryl methyl sites for hydroxylation is 1. The third-order valence-corrected chi connectivity index (χ3v) is 3.71. The molecular formula is C18H14F2O3. The van der Waals surface area contributed by atoms with Gasteiger partial charge in [0, 0.05) is 12.5 Å². The summed E-state index contributed by atoms with van der Waals surface area (Å²) in [6.45, 7) is 2.82. The molecule has 0 radical (unpaired) electrons. The van der Waals surface area contributed by atoms with E-state index in [1.54, 1.807) is 37.3 Å². The van der Waals surface area contributed by atoms with Crippen LogP contribution in [0, 0.1) is 18.6 Å². The summed E-state index contributed by atoms with van der Waals surface area (Å²) in [6.07, 6.45) is 0. The average Bonchev–Trinajstić information content (AvgIpc) is 2.68. The van der Waals surface area contributed by atoms with Crippen molar-refractivity contribution in [3.8, 4) is 0 Å². The SMILES string of the molecule is Cc1cc(F)c(C2=C(c3ccccc3)C(C)(O)OC2=O)c(F)c1. The van der Waals surface area contributed by atoms with Gasteiger partial charge in [0.05, 0.1) is 11.1 Å². The highest BCUT2D eigenvalue weighted by atomic mass is 19.1. The van der Waals surface area contributed by atoms with Crippen LogP contribution in [0.25, 0.3) is 11.1 Å². The zero-order valence-corrected chi connectivity index (χ0v) is 12.6. The van der Waals surface area contributed by atoms with Crippen LogP contribution >= 0.6 is 0 Å². The second-order valence-corrected chi connectivity index (χ2v) is 5.59. The molecule has 5 heteroatoms. The summed E-state index contributed by atoms with van der Waals surface area (Å²) in [6, 6.07) is 10.7. The van der Waals surface area contributed by atoms with Crippen LogP contribution in [0.5, 0.6) is 0 Å². The molecule has 1 heterocycles. The summed E-state index contributed by atoms with van der Waals surface area (Å²) in [5.41, 5.74) is 0.111. The number of esters is 1. The number of aliphatic hydroxyl groups is 1. The largest absolute Gasteiger partial charge is 0.425 e. The predicted octanol–water partition coefficient (Wildman–Crippen LogP) is 3.45. The number of halogens is 2. The van der Waals surface area contributed by atoms with Crippen molar-refractivity contribution >= 4 is 17.1 Å². The molecule has 2 aromatic rings. The van der Waals surface area contributed by atoms with E-state index in [1.807, 2.05) is 0 Å². The fraction of sp³-hybridized carbons (Fsp3) is 0.167. The highest BCUT2D eigenvalue weighted by molar-refractivity contribution is 6.28. The van der Waals surface area contributed by atoms with Crippen LogP contribution in [0.1, 0.15) is 23.6 Å². The van der Waals surface area contributed by atoms with E-state index in [1.165, 1.54) is 6.92 Å². The molecule has 0 aliphatic carbocycles. The number of hydrogen-bond acceptors (Lipinski definition) is 3. The van der Waals surface area contributed by atoms with E-state index in [-0.39, 0.29) is 11.1 Å². The molecule has 0 amide bonds. The Hall–Kier alpha value is -2.53. The molecule has 0 aromatic heterocycles. The number of hydrogen-bond donors (Lipinski definition) is 1. The molecule has 23 heavy (non-hydrogen) atoms. The Labute approximate surface area is 131 Å². The number of benzene rings is 2. The smallest absolute Gasteiger partial charge is 0.342 e. The number of carbonyl (C=O) groups excluding carboxylic acids is 1. The van der Waals surface area contributed by atoms with Crippen molar-refractivity contribution in [2.45, 2.75) is 19.6 Å². The molecule has 1 aliphatic heterocycles. The van der Waals surface area contributed by atoms with Gasteiger partial charge in [-0.2, -0.15) is 0 Å². The quantitative estimate of drug-likeness (QED) is 0.863. The van der Waals surface area contributed by atoms with Gasteiger partial charge < -0.3 is 9.84 Å². The molecule has 3 nitrogen and oxygen atoms in total. The summed E-state index contributed by atoms with van der Waals surface area (Å²) in [5, 5.41) is 10.4. The Morgan fingerprint density at radius 3 is 2.22 bits per heavy atom. The van der Waals surface area contributed by atoms with Crippen molar-refractivity contribution in [1.29, 1.82) is 0 Å². The van der Waals surface area contributed by atoms with E-state index in [0.29, 0.717) is 11.1 Å². The summed E-state index contributed by atoms with van der Waals surface area (Å²) in [5.74, 6) is -4.67. The van der Waals surface area contributed by atoms with E-state index in [2.05, 4.69) is 0 Å². The van der Waals surface area contributed by atoms with E-state index in [9.17, 15) is 18.7 Å². The molecule has 118 valence electrons. The summed E-state index contributed by atoms with van der Waals surface area (Å²) in [4.78, 5) is 12.2. The highest BCUT2D eigenvalue weighted by Gasteiger charge is 2.45. The zero-order chi connectivity index (χ0) is 16.8. The first kappa shape index (κ1) is 15.4. The molecule has 1 N–H and O–H groups in total. The second kappa shape index (κ2) is 5.28. The minimum absolute atomic E-state index is 0.0461. The number of cyclic esters (lactones) is 1. The van der Waals surface area contributed by atoms with Crippen molar-refractivity contribution < 1.29 is 23.4 Å². The first-order chi connectivity index (χ1) is 10.8. The van der Waals surface area contributed by atoms with Crippen molar-refractivity contribution in [3.63, 3.8) is 0 Å². The second-order valence-electron chi connectivity index (χ2n) is 5.59. The maximum Gasteiger partial charge on any atom is 0.342 e. The average molecular weight is 316 g/mol. The molecule has 1 atom stereocenters. The lowest BCUT2D eigenvalue weighted by molar-refractivity contribution is -0.169. The summed E-state index contributed by atoms with van der Waals surface area (Å²) in [7, 11) is 0. The maximum absolute atomic E-state index is 14.3. The Kier molecular flexibility index (Phi) is 3.53. The number of rotatable bonds is 2. The minimum Gasteiger partial charge on any atom is -0.425 e. The molecule has 1 aliphatic rings. The first-order valence-electron chi connectivity index (χ1n) is 7.03. The molecule has 0 saturated carbocycles. The lowest BCUT2D eigenvalue weighted by atomic mass is 9.91. The molecule has 0 saturated heterocycles. The highest BCUT2D eigenvalue weighted by Crippen LogP contribution is 2.43. The normalized spacial score (nSPS) is 20.8. The molecule has 3 rings (SSSR count). The Morgan fingerprint density at radius 1 is 1.09 bits per heavy atom. The van der Waals surface area contributed by atoms with Crippen molar-refractivity contribution in [2.24, 2.45) is 0 Å². The fourth-order valence-corrected chi connectivity index (χ4v) is 2.80. The third kappa shape index (κ3) is 2.53. The van der Waals surface area contributed by atoms with Crippen molar-refractivity contribution in [1.82, 2.24) is 0 Å². The van der Waals surface area contributed by atoms with Gasteiger partial charge in [-0.3, -0.25) is 0 Å². The number of ether oxygens (including phenoxy) is 1. The van der Waals surface area contributed by atoms with E-state index >= 15 is 0 Å². The molecule has 2 aromatic carbocycles. The molecular weight excluding hydrogens is 302 g/mol. The van der Waals surface area contributed by atoms with Crippen LogP contribution in [-0.2, 0) is 9.53 Å². The van der Waals surface area contributed by atoms with Gasteiger partial charge in [-0.25, -0.2) is 13.6 Å². The van der Waals surface area contributed by atoms with Gasteiger partial charge in [-0.1, -0.05) is 30.3 Å². The first-order valence-corrected chi connectivity index (χ1v) is 7.03. The monoisotopic (exact) mass is 316 g/mol. The van der Waals surface area contributed by atoms with E-state index in [4.69, 9.17) is 4.74 Å². The predicted molar refractivity (Wildman–Crippen MR) is 81.1 cm³/mol. The van der Waals surface area contributed by atoms with Gasteiger partial charge in [0.25, 0.3) is 0 Å². The van der Waals surface area contributed by atoms with Crippen LogP contribution in [0.3, 0.4) is 0 Å². The van der Waals surface area contributed by atoms with Crippen LogP contribution in [-0.4, -0.2) is 16.9 Å². The van der Waals surface area contributed by atoms with Crippen LogP contribution in [0.2, 0.25) is 0 Å². The van der Waals surface area contributed by atoms with Gasteiger partial charge in [-0.05, 0) is 30.2 Å². The van der Waals surface area contributed by atoms with E-state index < -0.39 is 29.0 Å². The standard InChI is InChI=1S/C18H14F2O3/c1-10-8-12(19)14(13(20)9-10)15-16(11-6-4-3-5-7-11)18(2,22)23-17(15)21/h3-9,22H,1-2H3. The molecule has 0 fully saturated rings. The van der Waals surface area contributed by atoms with Crippen LogP contribution < -0.4 is 0 Å². The Bertz CT molecular complexity index is 800. The summed E-state index contributed by atoms with van der Waals surface area (Å²) < 4.78 is 33.6. The molecule has 0 spiro atoms. The summed E-state index contributed by atoms with van der Waals surface area (Å²) >= 11 is 0. The van der Waals surface area contributed by atoms with Crippen molar-refractivity contribution in [2.75, 3.05) is 0 Å². The third-order valence-electron chi connectivity index (χ3n) is 3.71. The van der Waals surface area contributed by atoms with Crippen LogP contribution in [0.4, 0.5) is 8.78 Å². The number of carbonyl (C=O) groups is 1. The van der Waals surface area contributed by atoms with Gasteiger partial charge in [0.2, 0.25) is 5.79 Å². The Morgan fingerprint density at radius 2 is 1.65 bits per heavy atom. The van der Waals surface area contributed by atoms with Crippen molar-refractivity contribution in [3.05, 3.63) is 70.8 Å². The molecule has 0 bridgehead atoms. The maximum atomic E-state index is 14.3. The van der Waals surface area contributed by atoms with Gasteiger partial charge >= 0.3 is 5.97 Å². The topological polar surface area (TPSA) is 46.5 Å². The Balaban J connectivity index is 2.36. The molecule has 1 unspecified atom stereocenters. The lowest BCUT2D eigenvalue weighted by Crippen LogP contribution is -2.26. The van der Waals surface area contributed by atoms with Crippen LogP contribution in [0.15, 0.2) is 42.5 Å².